The number of rotatable bonds is 2. The number of carbonyl (C=O) groups is 1. The Hall–Kier alpha value is -1.39. The Morgan fingerprint density at radius 1 is 1.12 bits per heavy atom. The van der Waals surface area contributed by atoms with Crippen molar-refractivity contribution in [3.8, 4) is 0 Å². The minimum Gasteiger partial charge on any atom is -0.285 e. The smallest absolute Gasteiger partial charge is 0.265 e. The number of benzene rings is 2. The first kappa shape index (κ1) is 12.1. The van der Waals surface area contributed by atoms with Crippen molar-refractivity contribution >= 4 is 32.6 Å². The van der Waals surface area contributed by atoms with E-state index >= 15 is 0 Å². The number of amides is 1. The molecule has 0 heterocycles. The largest absolute Gasteiger partial charge is 0.285 e. The maximum atomic E-state index is 11.8. The van der Waals surface area contributed by atoms with Crippen LogP contribution in [0.2, 0.25) is 0 Å². The summed E-state index contributed by atoms with van der Waals surface area (Å²) in [5.74, 6) is -0.0974. The van der Waals surface area contributed by atoms with Gasteiger partial charge in [0.1, 0.15) is 0 Å². The minimum atomic E-state index is -0.0974. The number of hydrazine groups is 1. The molecule has 0 fully saturated rings. The topological polar surface area (TPSA) is 32.3 Å². The van der Waals surface area contributed by atoms with Crippen LogP contribution < -0.4 is 5.43 Å². The van der Waals surface area contributed by atoms with Crippen LogP contribution in [0.4, 0.5) is 0 Å². The van der Waals surface area contributed by atoms with Crippen LogP contribution in [0.1, 0.15) is 10.4 Å². The molecule has 1 N–H and O–H groups in total. The highest BCUT2D eigenvalue weighted by Crippen LogP contribution is 2.20. The van der Waals surface area contributed by atoms with Gasteiger partial charge in [0.25, 0.3) is 5.91 Å². The van der Waals surface area contributed by atoms with E-state index in [4.69, 9.17) is 0 Å². The second-order valence-corrected chi connectivity index (χ2v) is 4.96. The molecule has 0 spiro atoms. The maximum absolute atomic E-state index is 11.8. The van der Waals surface area contributed by atoms with Crippen molar-refractivity contribution < 1.29 is 4.79 Å². The van der Waals surface area contributed by atoms with Crippen molar-refractivity contribution in [2.75, 3.05) is 14.1 Å². The quantitative estimate of drug-likeness (QED) is 0.864. The van der Waals surface area contributed by atoms with Crippen molar-refractivity contribution in [1.29, 1.82) is 0 Å². The number of fused-ring (bicyclic) bond motifs is 1. The molecular weight excluding hydrogens is 280 g/mol. The van der Waals surface area contributed by atoms with Gasteiger partial charge in [-0.1, -0.05) is 28.1 Å². The molecule has 0 bridgehead atoms. The summed E-state index contributed by atoms with van der Waals surface area (Å²) >= 11 is 3.43. The number of nitrogens with zero attached hydrogens (tertiary/aromatic N) is 1. The van der Waals surface area contributed by atoms with Crippen LogP contribution >= 0.6 is 15.9 Å². The van der Waals surface area contributed by atoms with Crippen LogP contribution in [0.5, 0.6) is 0 Å². The van der Waals surface area contributed by atoms with E-state index in [1.54, 1.807) is 19.1 Å². The molecule has 0 aliphatic rings. The van der Waals surface area contributed by atoms with Gasteiger partial charge in [-0.05, 0) is 35.0 Å². The van der Waals surface area contributed by atoms with Gasteiger partial charge >= 0.3 is 0 Å². The van der Waals surface area contributed by atoms with Crippen molar-refractivity contribution in [2.45, 2.75) is 0 Å². The lowest BCUT2D eigenvalue weighted by molar-refractivity contribution is 0.0857. The molecule has 0 atom stereocenters. The summed E-state index contributed by atoms with van der Waals surface area (Å²) in [6, 6.07) is 11.7. The molecule has 4 heteroatoms. The van der Waals surface area contributed by atoms with E-state index in [1.165, 1.54) is 0 Å². The molecule has 0 aliphatic carbocycles. The van der Waals surface area contributed by atoms with E-state index in [1.807, 2.05) is 36.4 Å². The Balaban J connectivity index is 2.38. The van der Waals surface area contributed by atoms with Crippen LogP contribution in [-0.2, 0) is 0 Å². The predicted molar refractivity (Wildman–Crippen MR) is 72.8 cm³/mol. The van der Waals surface area contributed by atoms with E-state index in [0.717, 1.165) is 15.2 Å². The Bertz CT molecular complexity index is 566. The fourth-order valence-corrected chi connectivity index (χ4v) is 2.00. The third-order valence-corrected chi connectivity index (χ3v) is 2.88. The van der Waals surface area contributed by atoms with Crippen molar-refractivity contribution in [3.63, 3.8) is 0 Å². The van der Waals surface area contributed by atoms with Crippen molar-refractivity contribution in [1.82, 2.24) is 10.4 Å². The summed E-state index contributed by atoms with van der Waals surface area (Å²) in [5, 5.41) is 3.80. The normalized spacial score (nSPS) is 10.8. The van der Waals surface area contributed by atoms with Gasteiger partial charge in [-0.3, -0.25) is 10.2 Å². The van der Waals surface area contributed by atoms with Crippen LogP contribution in [-0.4, -0.2) is 25.0 Å². The number of hydrogen-bond acceptors (Lipinski definition) is 2. The molecule has 1 amide bonds. The van der Waals surface area contributed by atoms with Gasteiger partial charge in [-0.25, -0.2) is 5.01 Å². The number of halogens is 1. The highest BCUT2D eigenvalue weighted by molar-refractivity contribution is 9.10. The second-order valence-electron chi connectivity index (χ2n) is 4.04. The molecule has 2 aromatic carbocycles. The molecule has 0 saturated carbocycles. The highest BCUT2D eigenvalue weighted by atomic mass is 79.9. The lowest BCUT2D eigenvalue weighted by Crippen LogP contribution is -2.36. The zero-order chi connectivity index (χ0) is 12.4. The third kappa shape index (κ3) is 2.84. The fourth-order valence-electron chi connectivity index (χ4n) is 1.63. The van der Waals surface area contributed by atoms with Gasteiger partial charge in [0.15, 0.2) is 0 Å². The molecule has 88 valence electrons. The lowest BCUT2D eigenvalue weighted by atomic mass is 10.1. The zero-order valence-corrected chi connectivity index (χ0v) is 11.3. The van der Waals surface area contributed by atoms with Gasteiger partial charge in [0, 0.05) is 24.1 Å². The molecule has 0 aliphatic heterocycles. The average Bonchev–Trinajstić information content (AvgIpc) is 2.27. The van der Waals surface area contributed by atoms with E-state index in [2.05, 4.69) is 21.4 Å². The molecule has 0 aromatic heterocycles. The average molecular weight is 293 g/mol. The van der Waals surface area contributed by atoms with Gasteiger partial charge in [-0.15, -0.1) is 0 Å². The van der Waals surface area contributed by atoms with E-state index in [0.29, 0.717) is 5.56 Å². The Morgan fingerprint density at radius 2 is 1.76 bits per heavy atom. The zero-order valence-electron chi connectivity index (χ0n) is 9.70. The lowest BCUT2D eigenvalue weighted by Gasteiger charge is -2.12. The molecule has 0 radical (unpaired) electrons. The van der Waals surface area contributed by atoms with Gasteiger partial charge in [0.2, 0.25) is 0 Å². The summed E-state index contributed by atoms with van der Waals surface area (Å²) in [7, 11) is 3.58. The monoisotopic (exact) mass is 292 g/mol. The molecular formula is C13H13BrN2O. The van der Waals surface area contributed by atoms with Crippen molar-refractivity contribution in [2.24, 2.45) is 0 Å². The molecule has 0 unspecified atom stereocenters. The van der Waals surface area contributed by atoms with Crippen LogP contribution in [0, 0.1) is 0 Å². The summed E-state index contributed by atoms with van der Waals surface area (Å²) in [5.41, 5.74) is 3.38. The predicted octanol–water partition coefficient (Wildman–Crippen LogP) is 2.81. The Morgan fingerprint density at radius 3 is 2.47 bits per heavy atom. The summed E-state index contributed by atoms with van der Waals surface area (Å²) in [6.45, 7) is 0. The Labute approximate surface area is 109 Å². The fraction of sp³-hybridized carbons (Fsp3) is 0.154. The third-order valence-electron chi connectivity index (χ3n) is 2.39. The maximum Gasteiger partial charge on any atom is 0.265 e. The second kappa shape index (κ2) is 4.85. The van der Waals surface area contributed by atoms with E-state index in [9.17, 15) is 4.79 Å². The van der Waals surface area contributed by atoms with Gasteiger partial charge in [-0.2, -0.15) is 0 Å². The van der Waals surface area contributed by atoms with E-state index < -0.39 is 0 Å². The first-order valence-electron chi connectivity index (χ1n) is 5.24. The molecule has 2 aromatic rings. The molecule has 2 rings (SSSR count). The molecule has 17 heavy (non-hydrogen) atoms. The number of nitrogens with one attached hydrogen (secondary N) is 1. The Kier molecular flexibility index (Phi) is 3.45. The first-order valence-corrected chi connectivity index (χ1v) is 6.03. The number of carbonyl (C=O) groups excluding carboxylic acids is 1. The number of hydrogen-bond donors (Lipinski definition) is 1. The summed E-state index contributed by atoms with van der Waals surface area (Å²) < 4.78 is 1.04. The summed E-state index contributed by atoms with van der Waals surface area (Å²) in [6.07, 6.45) is 0. The molecule has 0 saturated heterocycles. The first-order chi connectivity index (χ1) is 8.06. The minimum absolute atomic E-state index is 0.0974. The van der Waals surface area contributed by atoms with Gasteiger partial charge < -0.3 is 0 Å². The summed E-state index contributed by atoms with van der Waals surface area (Å²) in [4.78, 5) is 11.8. The van der Waals surface area contributed by atoms with Crippen LogP contribution in [0.25, 0.3) is 10.8 Å². The highest BCUT2D eigenvalue weighted by Gasteiger charge is 2.06. The van der Waals surface area contributed by atoms with Crippen LogP contribution in [0.15, 0.2) is 40.9 Å². The molecule has 3 nitrogen and oxygen atoms in total. The van der Waals surface area contributed by atoms with Gasteiger partial charge in [0.05, 0.1) is 0 Å². The SMILES string of the molecule is CN(C)NC(=O)c1ccc2cc(Br)ccc2c1. The standard InChI is InChI=1S/C13H13BrN2O/c1-16(2)15-13(17)11-4-3-10-8-12(14)6-5-9(10)7-11/h3-8H,1-2H3,(H,15,17). The van der Waals surface area contributed by atoms with Crippen LogP contribution in [0.3, 0.4) is 0 Å². The van der Waals surface area contributed by atoms with E-state index in [-0.39, 0.29) is 5.91 Å². The van der Waals surface area contributed by atoms with Crippen molar-refractivity contribution in [3.05, 3.63) is 46.4 Å².